The molecule has 7 nitrogen and oxygen atoms in total. The molecule has 186 valence electrons. The van der Waals surface area contributed by atoms with Gasteiger partial charge in [-0.15, -0.1) is 0 Å². The van der Waals surface area contributed by atoms with Gasteiger partial charge in [0.05, 0.1) is 47.8 Å². The summed E-state index contributed by atoms with van der Waals surface area (Å²) in [6.45, 7) is 4.45. The molecule has 0 radical (unpaired) electrons. The zero-order valence-corrected chi connectivity index (χ0v) is 21.0. The molecular formula is C27H36O7. The summed E-state index contributed by atoms with van der Waals surface area (Å²) in [6.07, 6.45) is 5.07. The summed E-state index contributed by atoms with van der Waals surface area (Å²) in [5.41, 5.74) is 1.78. The average Bonchev–Trinajstić information content (AvgIpc) is 3.28. The summed E-state index contributed by atoms with van der Waals surface area (Å²) in [5, 5.41) is 0. The minimum atomic E-state index is -0.299. The second-order valence-electron chi connectivity index (χ2n) is 8.61. The monoisotopic (exact) mass is 472 g/mol. The SMILES string of the molecule is C/C=C(/C)C(=O)OC[C@H]1[C@@H](Cc2ccc(OC)cc2)CO[C@@H]1C1C=C(OC)C(OC)=C(OC)C1. The molecule has 7 heteroatoms. The van der Waals surface area contributed by atoms with Gasteiger partial charge >= 0.3 is 5.97 Å². The number of rotatable bonds is 10. The van der Waals surface area contributed by atoms with Crippen molar-refractivity contribution in [3.8, 4) is 5.75 Å². The van der Waals surface area contributed by atoms with Gasteiger partial charge in [-0.05, 0) is 50.0 Å². The quantitative estimate of drug-likeness (QED) is 0.368. The maximum Gasteiger partial charge on any atom is 0.333 e. The van der Waals surface area contributed by atoms with E-state index in [-0.39, 0.29) is 36.4 Å². The number of ether oxygens (including phenoxy) is 6. The maximum atomic E-state index is 12.4. The summed E-state index contributed by atoms with van der Waals surface area (Å²) in [6, 6.07) is 8.06. The molecule has 4 atom stereocenters. The van der Waals surface area contributed by atoms with Gasteiger partial charge in [-0.2, -0.15) is 0 Å². The highest BCUT2D eigenvalue weighted by atomic mass is 16.5. The van der Waals surface area contributed by atoms with E-state index in [9.17, 15) is 4.79 Å². The van der Waals surface area contributed by atoms with Crippen LogP contribution < -0.4 is 4.74 Å². The van der Waals surface area contributed by atoms with E-state index >= 15 is 0 Å². The topological polar surface area (TPSA) is 72.5 Å². The van der Waals surface area contributed by atoms with Gasteiger partial charge in [0.25, 0.3) is 0 Å². The van der Waals surface area contributed by atoms with Crippen molar-refractivity contribution in [2.45, 2.75) is 32.8 Å². The van der Waals surface area contributed by atoms with Crippen molar-refractivity contribution in [3.63, 3.8) is 0 Å². The van der Waals surface area contributed by atoms with Crippen molar-refractivity contribution in [2.75, 3.05) is 41.7 Å². The predicted molar refractivity (Wildman–Crippen MR) is 128 cm³/mol. The van der Waals surface area contributed by atoms with Crippen LogP contribution in [-0.2, 0) is 34.9 Å². The van der Waals surface area contributed by atoms with Gasteiger partial charge in [0.15, 0.2) is 11.5 Å². The number of hydrogen-bond donors (Lipinski definition) is 0. The Morgan fingerprint density at radius 1 is 1.06 bits per heavy atom. The van der Waals surface area contributed by atoms with Crippen LogP contribution in [0.4, 0.5) is 0 Å². The van der Waals surface area contributed by atoms with Crippen LogP contribution in [0, 0.1) is 17.8 Å². The zero-order chi connectivity index (χ0) is 24.7. The van der Waals surface area contributed by atoms with Gasteiger partial charge in [0.2, 0.25) is 0 Å². The van der Waals surface area contributed by atoms with E-state index in [1.807, 2.05) is 25.1 Å². The Bertz CT molecular complexity index is 929. The van der Waals surface area contributed by atoms with Crippen molar-refractivity contribution < 1.29 is 33.2 Å². The second-order valence-corrected chi connectivity index (χ2v) is 8.61. The first-order valence-electron chi connectivity index (χ1n) is 11.6. The highest BCUT2D eigenvalue weighted by Crippen LogP contribution is 2.41. The van der Waals surface area contributed by atoms with Gasteiger partial charge in [-0.25, -0.2) is 4.79 Å². The molecule has 1 fully saturated rings. The number of esters is 1. The lowest BCUT2D eigenvalue weighted by Gasteiger charge is -2.31. The first-order chi connectivity index (χ1) is 16.4. The van der Waals surface area contributed by atoms with Crippen molar-refractivity contribution in [1.29, 1.82) is 0 Å². The molecule has 1 saturated heterocycles. The summed E-state index contributed by atoms with van der Waals surface area (Å²) in [7, 11) is 6.50. The molecular weight excluding hydrogens is 436 g/mol. The van der Waals surface area contributed by atoms with Crippen molar-refractivity contribution >= 4 is 5.97 Å². The molecule has 1 aromatic rings. The number of methoxy groups -OCH3 is 4. The fourth-order valence-corrected chi connectivity index (χ4v) is 4.64. The third-order valence-corrected chi connectivity index (χ3v) is 6.71. The number of carbonyl (C=O) groups excluding carboxylic acids is 1. The van der Waals surface area contributed by atoms with Gasteiger partial charge < -0.3 is 28.4 Å². The van der Waals surface area contributed by atoms with E-state index in [0.717, 1.165) is 17.9 Å². The van der Waals surface area contributed by atoms with Crippen LogP contribution in [0.5, 0.6) is 5.75 Å². The molecule has 0 bridgehead atoms. The summed E-state index contributed by atoms with van der Waals surface area (Å²) >= 11 is 0. The molecule has 1 aliphatic heterocycles. The van der Waals surface area contributed by atoms with Gasteiger partial charge in [0.1, 0.15) is 11.5 Å². The number of carbonyl (C=O) groups is 1. The van der Waals surface area contributed by atoms with Crippen molar-refractivity contribution in [1.82, 2.24) is 0 Å². The number of hydrogen-bond acceptors (Lipinski definition) is 7. The lowest BCUT2D eigenvalue weighted by atomic mass is 9.79. The fourth-order valence-electron chi connectivity index (χ4n) is 4.64. The molecule has 3 rings (SSSR count). The third kappa shape index (κ3) is 5.76. The van der Waals surface area contributed by atoms with E-state index in [2.05, 4.69) is 12.1 Å². The van der Waals surface area contributed by atoms with Crippen LogP contribution in [0.1, 0.15) is 25.8 Å². The zero-order valence-electron chi connectivity index (χ0n) is 21.0. The van der Waals surface area contributed by atoms with E-state index < -0.39 is 0 Å². The van der Waals surface area contributed by atoms with Gasteiger partial charge in [0, 0.05) is 23.8 Å². The molecule has 0 saturated carbocycles. The van der Waals surface area contributed by atoms with E-state index in [0.29, 0.717) is 30.1 Å². The Kier molecular flexibility index (Phi) is 9.05. The molecule has 0 aromatic heterocycles. The molecule has 1 unspecified atom stereocenters. The average molecular weight is 473 g/mol. The second kappa shape index (κ2) is 12.0. The number of benzene rings is 1. The molecule has 1 aliphatic carbocycles. The van der Waals surface area contributed by atoms with Crippen LogP contribution in [0.25, 0.3) is 0 Å². The molecule has 0 amide bonds. The van der Waals surface area contributed by atoms with Crippen LogP contribution >= 0.6 is 0 Å². The predicted octanol–water partition coefficient (Wildman–Crippen LogP) is 4.43. The van der Waals surface area contributed by atoms with Crippen molar-refractivity contribution in [3.05, 3.63) is 64.8 Å². The summed E-state index contributed by atoms with van der Waals surface area (Å²) < 4.78 is 34.1. The highest BCUT2D eigenvalue weighted by Gasteiger charge is 2.44. The Labute approximate surface area is 202 Å². The minimum absolute atomic E-state index is 0.00353. The first kappa shape index (κ1) is 25.7. The number of allylic oxidation sites excluding steroid dienone is 2. The Morgan fingerprint density at radius 3 is 2.38 bits per heavy atom. The fraction of sp³-hybridized carbons (Fsp3) is 0.519. The van der Waals surface area contributed by atoms with Crippen LogP contribution in [-0.4, -0.2) is 53.7 Å². The molecule has 1 heterocycles. The Balaban J connectivity index is 1.83. The minimum Gasteiger partial charge on any atom is -0.497 e. The van der Waals surface area contributed by atoms with Crippen molar-refractivity contribution in [2.24, 2.45) is 17.8 Å². The molecule has 0 spiro atoms. The highest BCUT2D eigenvalue weighted by molar-refractivity contribution is 5.87. The largest absolute Gasteiger partial charge is 0.497 e. The summed E-state index contributed by atoms with van der Waals surface area (Å²) in [4.78, 5) is 12.4. The van der Waals surface area contributed by atoms with E-state index in [4.69, 9.17) is 28.4 Å². The van der Waals surface area contributed by atoms with Gasteiger partial charge in [-0.1, -0.05) is 18.2 Å². The van der Waals surface area contributed by atoms with E-state index in [1.165, 1.54) is 5.56 Å². The smallest absolute Gasteiger partial charge is 0.333 e. The lowest BCUT2D eigenvalue weighted by molar-refractivity contribution is -0.141. The first-order valence-corrected chi connectivity index (χ1v) is 11.6. The maximum absolute atomic E-state index is 12.4. The standard InChI is InChI=1S/C27H36O7/c1-7-17(2)27(28)34-16-22-20(12-18-8-10-21(29-3)11-9-18)15-33-25(22)19-13-23(30-4)26(32-6)24(14-19)31-5/h7-11,13,19-20,22,25H,12,14-16H2,1-6H3/b17-7-/t19?,20-,22-,25+/m0/s1. The van der Waals surface area contributed by atoms with Crippen LogP contribution in [0.2, 0.25) is 0 Å². The Morgan fingerprint density at radius 2 is 1.79 bits per heavy atom. The lowest BCUT2D eigenvalue weighted by Crippen LogP contribution is -2.34. The van der Waals surface area contributed by atoms with E-state index in [1.54, 1.807) is 41.4 Å². The van der Waals surface area contributed by atoms with Crippen LogP contribution in [0.3, 0.4) is 0 Å². The molecule has 34 heavy (non-hydrogen) atoms. The normalized spacial score (nSPS) is 25.0. The van der Waals surface area contributed by atoms with Crippen LogP contribution in [0.15, 0.2) is 59.3 Å². The third-order valence-electron chi connectivity index (χ3n) is 6.71. The Hall–Kier alpha value is -2.93. The molecule has 1 aromatic carbocycles. The molecule has 2 aliphatic rings. The molecule has 0 N–H and O–H groups in total. The summed E-state index contributed by atoms with van der Waals surface area (Å²) in [5.74, 6) is 2.66. The van der Waals surface area contributed by atoms with Gasteiger partial charge in [-0.3, -0.25) is 0 Å².